The van der Waals surface area contributed by atoms with Crippen molar-refractivity contribution in [2.24, 2.45) is 5.73 Å². The quantitative estimate of drug-likeness (QED) is 0.426. The number of nitrogens with one attached hydrogen (secondary N) is 1. The van der Waals surface area contributed by atoms with Gasteiger partial charge in [0.05, 0.1) is 12.0 Å². The fraction of sp³-hybridized carbons (Fsp3) is 0.333. The van der Waals surface area contributed by atoms with Crippen LogP contribution in [0, 0.1) is 10.1 Å². The number of anilines is 1. The zero-order chi connectivity index (χ0) is 12.8. The smallest absolute Gasteiger partial charge is 0.356 e. The highest BCUT2D eigenvalue weighted by Crippen LogP contribution is 2.21. The predicted octanol–water partition coefficient (Wildman–Crippen LogP) is 0.147. The van der Waals surface area contributed by atoms with Gasteiger partial charge in [0.1, 0.15) is 0 Å². The molecule has 1 aromatic heterocycles. The number of esters is 1. The third-order valence-corrected chi connectivity index (χ3v) is 1.90. The number of hydrogen-bond acceptors (Lipinski definition) is 7. The largest absolute Gasteiger partial charge is 0.464 e. The lowest BCUT2D eigenvalue weighted by molar-refractivity contribution is -0.384. The van der Waals surface area contributed by atoms with Crippen LogP contribution >= 0.6 is 0 Å². The number of nitrogens with zero attached hydrogens (tertiary/aromatic N) is 2. The second-order valence-corrected chi connectivity index (χ2v) is 3.03. The average molecular weight is 240 g/mol. The lowest BCUT2D eigenvalue weighted by Gasteiger charge is -2.06. The van der Waals surface area contributed by atoms with Gasteiger partial charge in [-0.3, -0.25) is 10.1 Å². The SMILES string of the molecule is COC(=O)c1ccc([N+](=O)[O-])c(NCCN)n1. The Labute approximate surface area is 96.9 Å². The molecular weight excluding hydrogens is 228 g/mol. The van der Waals surface area contributed by atoms with Gasteiger partial charge in [-0.2, -0.15) is 0 Å². The summed E-state index contributed by atoms with van der Waals surface area (Å²) in [5, 5.41) is 13.4. The number of carbonyl (C=O) groups is 1. The molecule has 0 aliphatic carbocycles. The number of nitrogens with two attached hydrogens (primary N) is 1. The van der Waals surface area contributed by atoms with Crippen LogP contribution in [0.15, 0.2) is 12.1 Å². The zero-order valence-electron chi connectivity index (χ0n) is 9.17. The van der Waals surface area contributed by atoms with E-state index in [1.54, 1.807) is 0 Å². The molecule has 1 heterocycles. The molecule has 0 unspecified atom stereocenters. The van der Waals surface area contributed by atoms with E-state index in [9.17, 15) is 14.9 Å². The third kappa shape index (κ3) is 3.11. The van der Waals surface area contributed by atoms with Gasteiger partial charge in [-0.15, -0.1) is 0 Å². The van der Waals surface area contributed by atoms with Gasteiger partial charge in [0.25, 0.3) is 0 Å². The van der Waals surface area contributed by atoms with E-state index >= 15 is 0 Å². The number of nitro groups is 1. The summed E-state index contributed by atoms with van der Waals surface area (Å²) in [6, 6.07) is 2.43. The average Bonchev–Trinajstić information content (AvgIpc) is 2.34. The predicted molar refractivity (Wildman–Crippen MR) is 59.8 cm³/mol. The molecule has 0 saturated heterocycles. The molecule has 17 heavy (non-hydrogen) atoms. The molecule has 92 valence electrons. The van der Waals surface area contributed by atoms with Crippen LogP contribution in [0.5, 0.6) is 0 Å². The number of methoxy groups -OCH3 is 1. The molecule has 3 N–H and O–H groups in total. The van der Waals surface area contributed by atoms with Gasteiger partial charge in [0, 0.05) is 19.2 Å². The van der Waals surface area contributed by atoms with Crippen molar-refractivity contribution in [2.75, 3.05) is 25.5 Å². The van der Waals surface area contributed by atoms with Gasteiger partial charge in [-0.25, -0.2) is 9.78 Å². The van der Waals surface area contributed by atoms with Crippen LogP contribution in [0.1, 0.15) is 10.5 Å². The molecule has 0 bridgehead atoms. The van der Waals surface area contributed by atoms with Crippen molar-refractivity contribution >= 4 is 17.5 Å². The van der Waals surface area contributed by atoms with Crippen molar-refractivity contribution in [3.63, 3.8) is 0 Å². The van der Waals surface area contributed by atoms with E-state index in [1.807, 2.05) is 0 Å². The summed E-state index contributed by atoms with van der Waals surface area (Å²) < 4.78 is 4.47. The maximum atomic E-state index is 11.2. The highest BCUT2D eigenvalue weighted by molar-refractivity contribution is 5.88. The van der Waals surface area contributed by atoms with Crippen molar-refractivity contribution in [2.45, 2.75) is 0 Å². The van der Waals surface area contributed by atoms with E-state index in [0.717, 1.165) is 0 Å². The lowest BCUT2D eigenvalue weighted by atomic mass is 10.3. The van der Waals surface area contributed by atoms with Gasteiger partial charge < -0.3 is 15.8 Å². The topological polar surface area (TPSA) is 120 Å². The van der Waals surface area contributed by atoms with Gasteiger partial charge >= 0.3 is 11.7 Å². The molecule has 8 nitrogen and oxygen atoms in total. The van der Waals surface area contributed by atoms with E-state index < -0.39 is 10.9 Å². The Morgan fingerprint density at radius 3 is 2.88 bits per heavy atom. The van der Waals surface area contributed by atoms with Crippen molar-refractivity contribution in [1.29, 1.82) is 0 Å². The van der Waals surface area contributed by atoms with Crippen LogP contribution in [-0.4, -0.2) is 36.1 Å². The maximum Gasteiger partial charge on any atom is 0.356 e. The van der Waals surface area contributed by atoms with E-state index in [4.69, 9.17) is 5.73 Å². The normalized spacial score (nSPS) is 9.76. The minimum absolute atomic E-state index is 0.00220. The van der Waals surface area contributed by atoms with Gasteiger partial charge in [-0.05, 0) is 6.07 Å². The Morgan fingerprint density at radius 2 is 2.35 bits per heavy atom. The second kappa shape index (κ2) is 5.75. The first kappa shape index (κ1) is 12.8. The van der Waals surface area contributed by atoms with Crippen LogP contribution in [0.3, 0.4) is 0 Å². The molecule has 0 radical (unpaired) electrons. The number of rotatable bonds is 5. The van der Waals surface area contributed by atoms with Crippen molar-refractivity contribution in [3.8, 4) is 0 Å². The fourth-order valence-corrected chi connectivity index (χ4v) is 1.14. The molecular formula is C9H12N4O4. The van der Waals surface area contributed by atoms with Crippen LogP contribution in [-0.2, 0) is 4.74 Å². The highest BCUT2D eigenvalue weighted by atomic mass is 16.6. The summed E-state index contributed by atoms with van der Waals surface area (Å²) in [6.45, 7) is 0.611. The van der Waals surface area contributed by atoms with Gasteiger partial charge in [0.15, 0.2) is 5.69 Å². The van der Waals surface area contributed by atoms with Crippen molar-refractivity contribution in [3.05, 3.63) is 27.9 Å². The van der Waals surface area contributed by atoms with E-state index in [2.05, 4.69) is 15.0 Å². The molecule has 8 heteroatoms. The van der Waals surface area contributed by atoms with Crippen LogP contribution in [0.25, 0.3) is 0 Å². The first-order valence-electron chi connectivity index (χ1n) is 4.77. The third-order valence-electron chi connectivity index (χ3n) is 1.90. The van der Waals surface area contributed by atoms with Crippen molar-refractivity contribution < 1.29 is 14.5 Å². The van der Waals surface area contributed by atoms with Crippen LogP contribution in [0.2, 0.25) is 0 Å². The maximum absolute atomic E-state index is 11.2. The molecule has 0 spiro atoms. The number of pyridine rings is 1. The minimum atomic E-state index is -0.657. The van der Waals surface area contributed by atoms with E-state index in [0.29, 0.717) is 13.1 Å². The van der Waals surface area contributed by atoms with Crippen molar-refractivity contribution in [1.82, 2.24) is 4.98 Å². The van der Waals surface area contributed by atoms with Gasteiger partial charge in [0.2, 0.25) is 5.82 Å². The van der Waals surface area contributed by atoms with E-state index in [-0.39, 0.29) is 17.2 Å². The fourth-order valence-electron chi connectivity index (χ4n) is 1.14. The monoisotopic (exact) mass is 240 g/mol. The highest BCUT2D eigenvalue weighted by Gasteiger charge is 2.18. The van der Waals surface area contributed by atoms with Crippen LogP contribution in [0.4, 0.5) is 11.5 Å². The van der Waals surface area contributed by atoms with Gasteiger partial charge in [-0.1, -0.05) is 0 Å². The second-order valence-electron chi connectivity index (χ2n) is 3.03. The van der Waals surface area contributed by atoms with E-state index in [1.165, 1.54) is 19.2 Å². The Kier molecular flexibility index (Phi) is 4.35. The summed E-state index contributed by atoms with van der Waals surface area (Å²) in [7, 11) is 1.21. The summed E-state index contributed by atoms with van der Waals surface area (Å²) in [5.74, 6) is -0.654. The Balaban J connectivity index is 3.09. The standard InChI is InChI=1S/C9H12N4O4/c1-17-9(14)6-2-3-7(13(15)16)8(12-6)11-5-4-10/h2-3H,4-5,10H2,1H3,(H,11,12). The molecule has 0 atom stereocenters. The summed E-state index contributed by atoms with van der Waals surface area (Å²) >= 11 is 0. The Morgan fingerprint density at radius 1 is 1.65 bits per heavy atom. The molecule has 0 aliphatic rings. The molecule has 1 aromatic rings. The Bertz CT molecular complexity index is 435. The molecule has 0 saturated carbocycles. The molecule has 0 aromatic carbocycles. The lowest BCUT2D eigenvalue weighted by Crippen LogP contribution is -2.16. The first-order chi connectivity index (χ1) is 8.10. The summed E-state index contributed by atoms with van der Waals surface area (Å²) in [6.07, 6.45) is 0. The Hall–Kier alpha value is -2.22. The van der Waals surface area contributed by atoms with Crippen LogP contribution < -0.4 is 11.1 Å². The molecule has 0 aliphatic heterocycles. The number of ether oxygens (including phenoxy) is 1. The minimum Gasteiger partial charge on any atom is -0.464 e. The number of carbonyl (C=O) groups excluding carboxylic acids is 1. The first-order valence-corrected chi connectivity index (χ1v) is 4.77. The summed E-state index contributed by atoms with van der Waals surface area (Å²) in [4.78, 5) is 25.2. The number of hydrogen-bond donors (Lipinski definition) is 2. The molecule has 0 amide bonds. The number of aromatic nitrogens is 1. The molecule has 1 rings (SSSR count). The molecule has 0 fully saturated rings. The summed E-state index contributed by atoms with van der Waals surface area (Å²) in [5.41, 5.74) is 5.06. The zero-order valence-corrected chi connectivity index (χ0v) is 9.17.